The van der Waals surface area contributed by atoms with Gasteiger partial charge >= 0.3 is 6.09 Å². The van der Waals surface area contributed by atoms with Crippen LogP contribution in [0, 0.1) is 12.7 Å². The van der Waals surface area contributed by atoms with Gasteiger partial charge in [0.05, 0.1) is 18.5 Å². The lowest BCUT2D eigenvalue weighted by Crippen LogP contribution is -2.48. The number of aryl methyl sites for hydroxylation is 2. The van der Waals surface area contributed by atoms with Crippen LogP contribution < -0.4 is 15.0 Å². The number of ether oxygens (including phenoxy) is 2. The maximum atomic E-state index is 15.9. The Labute approximate surface area is 254 Å². The van der Waals surface area contributed by atoms with E-state index in [1.54, 1.807) is 39.6 Å². The van der Waals surface area contributed by atoms with Crippen molar-refractivity contribution in [3.63, 3.8) is 0 Å². The van der Waals surface area contributed by atoms with Crippen molar-refractivity contribution in [1.82, 2.24) is 24.1 Å². The number of carbonyl (C=O) groups is 2. The van der Waals surface area contributed by atoms with Gasteiger partial charge in [0, 0.05) is 56.7 Å². The molecule has 0 saturated carbocycles. The average molecular weight is 614 g/mol. The summed E-state index contributed by atoms with van der Waals surface area (Å²) < 4.78 is 30.2. The van der Waals surface area contributed by atoms with E-state index in [-0.39, 0.29) is 39.7 Å². The Kier molecular flexibility index (Phi) is 8.17. The molecule has 1 aliphatic heterocycles. The van der Waals surface area contributed by atoms with Gasteiger partial charge in [0.25, 0.3) is 5.91 Å². The fourth-order valence-electron chi connectivity index (χ4n) is 5.66. The lowest BCUT2D eigenvalue weighted by Gasteiger charge is -2.39. The zero-order valence-corrected chi connectivity index (χ0v) is 26.3. The molecular weight excluding hydrogens is 577 g/mol. The molecule has 1 aromatic carbocycles. The highest BCUT2D eigenvalue weighted by atomic mass is 35.5. The number of nitrogens with one attached hydrogen (secondary N) is 1. The Bertz CT molecular complexity index is 1700. The molecule has 3 aromatic heterocycles. The van der Waals surface area contributed by atoms with Crippen LogP contribution >= 0.6 is 11.6 Å². The quantitative estimate of drug-likeness (QED) is 0.293. The van der Waals surface area contributed by atoms with E-state index in [0.717, 1.165) is 5.69 Å². The van der Waals surface area contributed by atoms with E-state index in [1.165, 1.54) is 13.2 Å². The topological polar surface area (TPSA) is 106 Å². The highest BCUT2D eigenvalue weighted by Gasteiger charge is 2.32. The van der Waals surface area contributed by atoms with E-state index >= 15 is 4.39 Å². The number of aromatic nitrogens is 4. The maximum Gasteiger partial charge on any atom is 0.410 e. The van der Waals surface area contributed by atoms with Crippen LogP contribution in [0.5, 0.6) is 5.75 Å². The number of nitrogens with zero attached hydrogens (tertiary/aromatic N) is 6. The van der Waals surface area contributed by atoms with Gasteiger partial charge in [0.15, 0.2) is 11.4 Å². The summed E-state index contributed by atoms with van der Waals surface area (Å²) in [6, 6.07) is 1.39. The van der Waals surface area contributed by atoms with E-state index in [9.17, 15) is 9.59 Å². The zero-order chi connectivity index (χ0) is 31.2. The summed E-state index contributed by atoms with van der Waals surface area (Å²) in [6.45, 7) is 11.0. The van der Waals surface area contributed by atoms with Crippen molar-refractivity contribution in [2.24, 2.45) is 7.05 Å². The second-order valence-corrected chi connectivity index (χ2v) is 12.1. The third-order valence-electron chi connectivity index (χ3n) is 7.50. The van der Waals surface area contributed by atoms with Crippen LogP contribution in [-0.2, 0) is 11.8 Å². The minimum atomic E-state index is -0.700. The van der Waals surface area contributed by atoms with E-state index < -0.39 is 17.3 Å². The van der Waals surface area contributed by atoms with E-state index in [1.807, 2.05) is 34.6 Å². The lowest BCUT2D eigenvalue weighted by atomic mass is 10.0. The summed E-state index contributed by atoms with van der Waals surface area (Å²) in [5.74, 6) is -1.17. The standard InChI is InChI=1S/C30H37ClFN7O4/c1-8-39(29(41)43-30(3,4)5)18-9-11-37(12-10-18)22-13-20(32)23(25-19(22)15-36(6)35-25)28(40)34-21-16-38-14-17(2)33-27(38)24(31)26(21)42-7/h13-16,18H,8-12H2,1-7H3,(H,34,40). The zero-order valence-electron chi connectivity index (χ0n) is 25.5. The SMILES string of the molecule is CCN(C(=O)OC(C)(C)C)C1CCN(c2cc(F)c(C(=O)Nc3cn4cc(C)nc4c(Cl)c3OC)c3nn(C)cc23)CC1. The number of halogens is 2. The Morgan fingerprint density at radius 3 is 2.53 bits per heavy atom. The summed E-state index contributed by atoms with van der Waals surface area (Å²) in [6.07, 6.45) is 6.22. The average Bonchev–Trinajstić information content (AvgIpc) is 3.49. The van der Waals surface area contributed by atoms with Crippen molar-refractivity contribution in [1.29, 1.82) is 0 Å². The van der Waals surface area contributed by atoms with Gasteiger partial charge in [-0.3, -0.25) is 9.48 Å². The highest BCUT2D eigenvalue weighted by molar-refractivity contribution is 6.35. The summed E-state index contributed by atoms with van der Waals surface area (Å²) in [7, 11) is 3.17. The van der Waals surface area contributed by atoms with Gasteiger partial charge in [0.1, 0.15) is 33.2 Å². The lowest BCUT2D eigenvalue weighted by molar-refractivity contribution is 0.0149. The van der Waals surface area contributed by atoms with Crippen molar-refractivity contribution in [2.75, 3.05) is 37.0 Å². The first-order valence-corrected chi connectivity index (χ1v) is 14.6. The fourth-order valence-corrected chi connectivity index (χ4v) is 5.98. The van der Waals surface area contributed by atoms with Gasteiger partial charge in [-0.2, -0.15) is 5.10 Å². The number of pyridine rings is 1. The van der Waals surface area contributed by atoms with Gasteiger partial charge in [-0.1, -0.05) is 11.6 Å². The van der Waals surface area contributed by atoms with Crippen LogP contribution in [0.4, 0.5) is 20.6 Å². The number of hydrogen-bond acceptors (Lipinski definition) is 7. The third-order valence-corrected chi connectivity index (χ3v) is 7.84. The molecule has 0 unspecified atom stereocenters. The first-order chi connectivity index (χ1) is 20.3. The van der Waals surface area contributed by atoms with Crippen LogP contribution in [0.3, 0.4) is 0 Å². The van der Waals surface area contributed by atoms with E-state index in [4.69, 9.17) is 21.1 Å². The summed E-state index contributed by atoms with van der Waals surface area (Å²) in [4.78, 5) is 34.6. The first-order valence-electron chi connectivity index (χ1n) is 14.2. The second-order valence-electron chi connectivity index (χ2n) is 11.8. The normalized spacial score (nSPS) is 14.4. The van der Waals surface area contributed by atoms with Crippen LogP contribution in [0.25, 0.3) is 16.6 Å². The minimum Gasteiger partial charge on any atom is -0.493 e. The molecule has 43 heavy (non-hydrogen) atoms. The third kappa shape index (κ3) is 5.93. The highest BCUT2D eigenvalue weighted by Crippen LogP contribution is 2.38. The number of carbonyl (C=O) groups excluding carboxylic acids is 2. The number of anilines is 2. The Balaban J connectivity index is 1.42. The molecule has 1 fully saturated rings. The number of fused-ring (bicyclic) bond motifs is 2. The molecule has 0 aliphatic carbocycles. The molecule has 1 saturated heterocycles. The molecule has 5 rings (SSSR count). The molecule has 0 bridgehead atoms. The number of piperidine rings is 1. The number of rotatable bonds is 6. The summed E-state index contributed by atoms with van der Waals surface area (Å²) in [5, 5.41) is 8.11. The van der Waals surface area contributed by atoms with Crippen LogP contribution in [-0.4, -0.2) is 74.5 Å². The molecule has 1 N–H and O–H groups in total. The smallest absolute Gasteiger partial charge is 0.410 e. The predicted molar refractivity (Wildman–Crippen MR) is 164 cm³/mol. The molecule has 2 amide bonds. The van der Waals surface area contributed by atoms with Gasteiger partial charge in [-0.05, 0) is 53.5 Å². The summed E-state index contributed by atoms with van der Waals surface area (Å²) >= 11 is 6.53. The Morgan fingerprint density at radius 1 is 1.21 bits per heavy atom. The molecule has 0 spiro atoms. The van der Waals surface area contributed by atoms with Gasteiger partial charge in [0.2, 0.25) is 0 Å². The molecule has 13 heteroatoms. The molecule has 4 heterocycles. The maximum absolute atomic E-state index is 15.9. The second kappa shape index (κ2) is 11.6. The van der Waals surface area contributed by atoms with Crippen molar-refractivity contribution in [2.45, 2.75) is 59.1 Å². The van der Waals surface area contributed by atoms with Crippen LogP contribution in [0.15, 0.2) is 24.7 Å². The van der Waals surface area contributed by atoms with Crippen LogP contribution in [0.1, 0.15) is 56.6 Å². The van der Waals surface area contributed by atoms with E-state index in [2.05, 4.69) is 20.3 Å². The van der Waals surface area contributed by atoms with Crippen molar-refractivity contribution in [3.8, 4) is 5.75 Å². The fraction of sp³-hybridized carbons (Fsp3) is 0.467. The van der Waals surface area contributed by atoms with Crippen molar-refractivity contribution < 1.29 is 23.5 Å². The number of benzene rings is 1. The molecule has 0 radical (unpaired) electrons. The molecular formula is C30H37ClFN7O4. The van der Waals surface area contributed by atoms with Crippen LogP contribution in [0.2, 0.25) is 5.02 Å². The predicted octanol–water partition coefficient (Wildman–Crippen LogP) is 5.81. The summed E-state index contributed by atoms with van der Waals surface area (Å²) in [5.41, 5.74) is 1.61. The van der Waals surface area contributed by atoms with Gasteiger partial charge in [-0.25, -0.2) is 14.2 Å². The molecule has 11 nitrogen and oxygen atoms in total. The Hall–Kier alpha value is -4.06. The monoisotopic (exact) mass is 613 g/mol. The number of imidazole rings is 1. The van der Waals surface area contributed by atoms with E-state index in [0.29, 0.717) is 49.2 Å². The molecule has 230 valence electrons. The molecule has 1 aliphatic rings. The first kappa shape index (κ1) is 30.4. The number of amides is 2. The van der Waals surface area contributed by atoms with Crippen molar-refractivity contribution in [3.05, 3.63) is 46.8 Å². The van der Waals surface area contributed by atoms with Gasteiger partial charge < -0.3 is 29.0 Å². The Morgan fingerprint density at radius 2 is 1.91 bits per heavy atom. The molecule has 0 atom stereocenters. The van der Waals surface area contributed by atoms with Crippen molar-refractivity contribution >= 4 is 51.5 Å². The number of methoxy groups -OCH3 is 1. The van der Waals surface area contributed by atoms with Gasteiger partial charge in [-0.15, -0.1) is 0 Å². The largest absolute Gasteiger partial charge is 0.493 e. The number of hydrogen-bond donors (Lipinski definition) is 1. The minimum absolute atomic E-state index is 0.00816. The molecule has 4 aromatic rings.